The van der Waals surface area contributed by atoms with Gasteiger partial charge in [0, 0.05) is 37.3 Å². The summed E-state index contributed by atoms with van der Waals surface area (Å²) in [4.78, 5) is 12.6. The maximum Gasteiger partial charge on any atom is 0.407 e. The van der Waals surface area contributed by atoms with Crippen LogP contribution in [0.15, 0.2) is 42.7 Å². The first-order chi connectivity index (χ1) is 16.5. The summed E-state index contributed by atoms with van der Waals surface area (Å²) in [5.74, 6) is 2.52. The largest absolute Gasteiger partial charge is 0.487 e. The Bertz CT molecular complexity index is 1360. The van der Waals surface area contributed by atoms with Gasteiger partial charge in [0.15, 0.2) is 17.4 Å². The summed E-state index contributed by atoms with van der Waals surface area (Å²) < 4.78 is 9.52. The number of ether oxygens (including phenoxy) is 1. The van der Waals surface area contributed by atoms with Gasteiger partial charge in [-0.25, -0.2) is 9.31 Å². The summed E-state index contributed by atoms with van der Waals surface area (Å²) in [7, 11) is 1.85. The molecule has 1 saturated heterocycles. The zero-order valence-corrected chi connectivity index (χ0v) is 18.6. The highest BCUT2D eigenvalue weighted by atomic mass is 16.5. The number of pyridine rings is 1. The summed E-state index contributed by atoms with van der Waals surface area (Å²) in [5, 5.41) is 29.9. The topological polar surface area (TPSA) is 123 Å². The third-order valence-corrected chi connectivity index (χ3v) is 6.40. The number of likely N-dealkylation sites (tertiary alicyclic amines) is 1. The van der Waals surface area contributed by atoms with Crippen molar-refractivity contribution in [3.05, 3.63) is 48.4 Å². The second-order valence-corrected chi connectivity index (χ2v) is 8.77. The molecule has 0 unspecified atom stereocenters. The highest BCUT2D eigenvalue weighted by Crippen LogP contribution is 2.38. The van der Waals surface area contributed by atoms with Crippen LogP contribution in [0.4, 0.5) is 16.4 Å². The van der Waals surface area contributed by atoms with Crippen LogP contribution in [0.25, 0.3) is 16.8 Å². The molecular weight excluding hydrogens is 436 g/mol. The van der Waals surface area contributed by atoms with Gasteiger partial charge in [0.1, 0.15) is 12.3 Å². The molecule has 2 aliphatic rings. The first kappa shape index (κ1) is 20.5. The Hall–Kier alpha value is -4.15. The molecule has 1 aliphatic heterocycles. The monoisotopic (exact) mass is 460 g/mol. The van der Waals surface area contributed by atoms with Gasteiger partial charge >= 0.3 is 6.09 Å². The maximum atomic E-state index is 11.2. The number of nitrogens with one attached hydrogen (secondary N) is 1. The summed E-state index contributed by atoms with van der Waals surface area (Å²) in [5.41, 5.74) is 3.69. The standard InChI is InChI=1S/C23H24N8O3/c1-29-22(19(12-24-29)34-13-16-7-8-30(16)23(32)33)15-6-9-31-17(10-15)11-21(28-31)25-20-5-4-18(26-27-20)14-2-3-14/h4-6,9-12,14,16H,2-3,7-8,13H2,1H3,(H,32,33)(H,25,27,28)/t16-/m1/s1. The normalized spacial score (nSPS) is 17.6. The molecule has 1 aliphatic carbocycles. The van der Waals surface area contributed by atoms with E-state index in [0.29, 0.717) is 36.5 Å². The molecule has 4 aromatic rings. The van der Waals surface area contributed by atoms with Crippen LogP contribution in [0, 0.1) is 0 Å². The molecule has 1 saturated carbocycles. The molecule has 34 heavy (non-hydrogen) atoms. The van der Waals surface area contributed by atoms with Crippen molar-refractivity contribution in [1.82, 2.24) is 34.5 Å². The van der Waals surface area contributed by atoms with E-state index in [1.54, 1.807) is 15.4 Å². The Balaban J connectivity index is 1.20. The van der Waals surface area contributed by atoms with Gasteiger partial charge in [-0.05, 0) is 43.5 Å². The van der Waals surface area contributed by atoms with E-state index >= 15 is 0 Å². The van der Waals surface area contributed by atoms with Crippen molar-refractivity contribution in [2.75, 3.05) is 18.5 Å². The van der Waals surface area contributed by atoms with E-state index in [0.717, 1.165) is 28.9 Å². The van der Waals surface area contributed by atoms with Crippen molar-refractivity contribution in [3.63, 3.8) is 0 Å². The Morgan fingerprint density at radius 3 is 2.76 bits per heavy atom. The molecule has 1 amide bonds. The summed E-state index contributed by atoms with van der Waals surface area (Å²) in [6.07, 6.45) is 5.82. The van der Waals surface area contributed by atoms with Crippen LogP contribution in [0.3, 0.4) is 0 Å². The molecule has 2 N–H and O–H groups in total. The van der Waals surface area contributed by atoms with Gasteiger partial charge in [-0.1, -0.05) is 0 Å². The molecule has 0 spiro atoms. The van der Waals surface area contributed by atoms with Gasteiger partial charge in [-0.3, -0.25) is 4.68 Å². The van der Waals surface area contributed by atoms with E-state index in [1.807, 2.05) is 43.6 Å². The lowest BCUT2D eigenvalue weighted by Crippen LogP contribution is -2.53. The molecule has 4 aromatic heterocycles. The molecule has 6 rings (SSSR count). The number of nitrogens with zero attached hydrogens (tertiary/aromatic N) is 7. The quantitative estimate of drug-likeness (QED) is 0.431. The number of carboxylic acid groups (broad SMARTS) is 1. The summed E-state index contributed by atoms with van der Waals surface area (Å²) >= 11 is 0. The highest BCUT2D eigenvalue weighted by Gasteiger charge is 2.33. The molecule has 0 radical (unpaired) electrons. The minimum Gasteiger partial charge on any atom is -0.487 e. The van der Waals surface area contributed by atoms with Crippen LogP contribution in [-0.4, -0.2) is 64.9 Å². The van der Waals surface area contributed by atoms with Crippen molar-refractivity contribution < 1.29 is 14.6 Å². The van der Waals surface area contributed by atoms with Crippen LogP contribution in [-0.2, 0) is 7.05 Å². The number of hydrogen-bond acceptors (Lipinski definition) is 7. The summed E-state index contributed by atoms with van der Waals surface area (Å²) in [6, 6.07) is 9.72. The van der Waals surface area contributed by atoms with Crippen molar-refractivity contribution in [2.24, 2.45) is 7.05 Å². The number of amides is 1. The van der Waals surface area contributed by atoms with Crippen LogP contribution in [0.1, 0.15) is 30.9 Å². The number of fused-ring (bicyclic) bond motifs is 1. The van der Waals surface area contributed by atoms with Crippen LogP contribution < -0.4 is 10.1 Å². The Morgan fingerprint density at radius 2 is 2.06 bits per heavy atom. The second-order valence-electron chi connectivity index (χ2n) is 8.77. The number of aryl methyl sites for hydroxylation is 1. The molecule has 5 heterocycles. The fourth-order valence-electron chi connectivity index (χ4n) is 4.24. The highest BCUT2D eigenvalue weighted by molar-refractivity contribution is 5.73. The number of rotatable bonds is 7. The predicted octanol–water partition coefficient (Wildman–Crippen LogP) is 3.28. The van der Waals surface area contributed by atoms with Crippen molar-refractivity contribution in [1.29, 1.82) is 0 Å². The zero-order valence-electron chi connectivity index (χ0n) is 18.6. The maximum absolute atomic E-state index is 11.2. The number of hydrogen-bond donors (Lipinski definition) is 2. The molecule has 174 valence electrons. The molecule has 11 nitrogen and oxygen atoms in total. The van der Waals surface area contributed by atoms with Crippen molar-refractivity contribution in [2.45, 2.75) is 31.2 Å². The van der Waals surface area contributed by atoms with E-state index in [2.05, 4.69) is 25.7 Å². The lowest BCUT2D eigenvalue weighted by molar-refractivity contribution is 0.0501. The lowest BCUT2D eigenvalue weighted by atomic mass is 10.1. The zero-order chi connectivity index (χ0) is 23.2. The minimum absolute atomic E-state index is 0.127. The van der Waals surface area contributed by atoms with E-state index in [1.165, 1.54) is 17.7 Å². The lowest BCUT2D eigenvalue weighted by Gasteiger charge is -2.38. The Labute approximate surface area is 195 Å². The first-order valence-electron chi connectivity index (χ1n) is 11.3. The molecule has 2 fully saturated rings. The van der Waals surface area contributed by atoms with Gasteiger partial charge in [0.05, 0.1) is 23.4 Å². The SMILES string of the molecule is Cn1ncc(OC[C@H]2CCN2C(=O)O)c1-c1ccn2nc(Nc3ccc(C4CC4)nn3)cc2c1. The smallest absolute Gasteiger partial charge is 0.407 e. The third kappa shape index (κ3) is 3.78. The van der Waals surface area contributed by atoms with Gasteiger partial charge < -0.3 is 20.1 Å². The average molecular weight is 460 g/mol. The molecule has 11 heteroatoms. The average Bonchev–Trinajstić information content (AvgIpc) is 3.47. The molecule has 0 aromatic carbocycles. The minimum atomic E-state index is -0.910. The van der Waals surface area contributed by atoms with Crippen LogP contribution in [0.5, 0.6) is 5.75 Å². The van der Waals surface area contributed by atoms with E-state index < -0.39 is 6.09 Å². The van der Waals surface area contributed by atoms with Crippen molar-refractivity contribution in [3.8, 4) is 17.0 Å². The Morgan fingerprint density at radius 1 is 1.18 bits per heavy atom. The van der Waals surface area contributed by atoms with E-state index in [4.69, 9.17) is 4.74 Å². The summed E-state index contributed by atoms with van der Waals surface area (Å²) in [6.45, 7) is 0.850. The predicted molar refractivity (Wildman–Crippen MR) is 123 cm³/mol. The number of carbonyl (C=O) groups is 1. The van der Waals surface area contributed by atoms with Crippen molar-refractivity contribution >= 4 is 23.2 Å². The third-order valence-electron chi connectivity index (χ3n) is 6.40. The van der Waals surface area contributed by atoms with Crippen LogP contribution >= 0.6 is 0 Å². The van der Waals surface area contributed by atoms with Gasteiger partial charge in [0.2, 0.25) is 0 Å². The second kappa shape index (κ2) is 8.01. The molecule has 1 atom stereocenters. The molecule has 0 bridgehead atoms. The van der Waals surface area contributed by atoms with E-state index in [-0.39, 0.29) is 6.04 Å². The Kier molecular flexibility index (Phi) is 4.82. The van der Waals surface area contributed by atoms with E-state index in [9.17, 15) is 9.90 Å². The van der Waals surface area contributed by atoms with Gasteiger partial charge in [0.25, 0.3) is 0 Å². The first-order valence-corrected chi connectivity index (χ1v) is 11.3. The van der Waals surface area contributed by atoms with Gasteiger partial charge in [-0.2, -0.15) is 15.3 Å². The molecular formula is C23H24N8O3. The fraction of sp³-hybridized carbons (Fsp3) is 0.348. The van der Waals surface area contributed by atoms with Gasteiger partial charge in [-0.15, -0.1) is 5.10 Å². The van der Waals surface area contributed by atoms with Crippen LogP contribution in [0.2, 0.25) is 0 Å². The number of aromatic nitrogens is 6. The fourth-order valence-corrected chi connectivity index (χ4v) is 4.24. The number of anilines is 2.